The number of ether oxygens (including phenoxy) is 1. The van der Waals surface area contributed by atoms with Gasteiger partial charge in [-0.15, -0.1) is 0 Å². The highest BCUT2D eigenvalue weighted by Gasteiger charge is 2.19. The van der Waals surface area contributed by atoms with Gasteiger partial charge in [0.2, 0.25) is 0 Å². The third-order valence-corrected chi connectivity index (χ3v) is 6.02. The number of hydrogen-bond donors (Lipinski definition) is 1. The molecule has 1 N–H and O–H groups in total. The minimum absolute atomic E-state index is 0.164. The van der Waals surface area contributed by atoms with Crippen molar-refractivity contribution in [3.05, 3.63) is 110 Å². The highest BCUT2D eigenvalue weighted by atomic mass is 35.5. The lowest BCUT2D eigenvalue weighted by molar-refractivity contribution is 0.0729. The van der Waals surface area contributed by atoms with E-state index in [0.29, 0.717) is 28.4 Å². The molecular formula is C27H25ClN2O3. The zero-order chi connectivity index (χ0) is 23.5. The number of pyridine rings is 1. The number of halogens is 1. The van der Waals surface area contributed by atoms with E-state index in [1.807, 2.05) is 44.2 Å². The molecule has 1 aromatic heterocycles. The normalized spacial score (nSPS) is 10.9. The summed E-state index contributed by atoms with van der Waals surface area (Å²) in [6.07, 6.45) is 0. The van der Waals surface area contributed by atoms with E-state index in [2.05, 4.69) is 4.98 Å². The van der Waals surface area contributed by atoms with E-state index in [4.69, 9.17) is 16.3 Å². The molecule has 1 amide bonds. The number of aryl methyl sites for hydroxylation is 2. The maximum absolute atomic E-state index is 13.5. The lowest BCUT2D eigenvalue weighted by Crippen LogP contribution is -2.32. The van der Waals surface area contributed by atoms with Crippen molar-refractivity contribution in [2.24, 2.45) is 0 Å². The fraction of sp³-hybridized carbons (Fsp3) is 0.185. The first-order valence-electron chi connectivity index (χ1n) is 10.7. The standard InChI is InChI=1S/C27H25ClN2O3/c1-17-7-8-18(2)25-24(17)14-21(26(31)29-25)16-30(15-19-9-11-22(28)12-10-19)27(32)20-5-4-6-23(13-20)33-3/h4-14H,15-16H2,1-3H3,(H,29,31). The molecule has 0 radical (unpaired) electrons. The Hall–Kier alpha value is -3.57. The minimum atomic E-state index is -0.198. The first kappa shape index (κ1) is 22.6. The van der Waals surface area contributed by atoms with Crippen LogP contribution in [0.4, 0.5) is 0 Å². The van der Waals surface area contributed by atoms with E-state index in [-0.39, 0.29) is 18.0 Å². The van der Waals surface area contributed by atoms with Gasteiger partial charge in [0.05, 0.1) is 19.2 Å². The number of nitrogens with one attached hydrogen (secondary N) is 1. The quantitative estimate of drug-likeness (QED) is 0.404. The molecular weight excluding hydrogens is 436 g/mol. The summed E-state index contributed by atoms with van der Waals surface area (Å²) in [5.74, 6) is 0.409. The molecule has 6 heteroatoms. The molecule has 1 heterocycles. The molecule has 3 aromatic carbocycles. The van der Waals surface area contributed by atoms with Gasteiger partial charge in [-0.25, -0.2) is 0 Å². The van der Waals surface area contributed by atoms with Gasteiger partial charge >= 0.3 is 0 Å². The number of carbonyl (C=O) groups excluding carboxylic acids is 1. The van der Waals surface area contributed by atoms with Crippen LogP contribution in [0.1, 0.15) is 32.6 Å². The Morgan fingerprint density at radius 1 is 0.970 bits per heavy atom. The number of nitrogens with zero attached hydrogens (tertiary/aromatic N) is 1. The number of hydrogen-bond acceptors (Lipinski definition) is 3. The largest absolute Gasteiger partial charge is 0.497 e. The number of fused-ring (bicyclic) bond motifs is 1. The van der Waals surface area contributed by atoms with Crippen molar-refractivity contribution < 1.29 is 9.53 Å². The monoisotopic (exact) mass is 460 g/mol. The third-order valence-electron chi connectivity index (χ3n) is 5.77. The van der Waals surface area contributed by atoms with Crippen molar-refractivity contribution >= 4 is 28.4 Å². The van der Waals surface area contributed by atoms with E-state index < -0.39 is 0 Å². The van der Waals surface area contributed by atoms with Gasteiger partial charge in [0, 0.05) is 28.1 Å². The van der Waals surface area contributed by atoms with Gasteiger partial charge in [-0.3, -0.25) is 9.59 Å². The summed E-state index contributed by atoms with van der Waals surface area (Å²) >= 11 is 6.03. The lowest BCUT2D eigenvalue weighted by atomic mass is 10.0. The van der Waals surface area contributed by atoms with E-state index in [1.54, 1.807) is 48.4 Å². The van der Waals surface area contributed by atoms with Crippen LogP contribution >= 0.6 is 11.6 Å². The minimum Gasteiger partial charge on any atom is -0.497 e. The maximum atomic E-state index is 13.5. The molecule has 4 aromatic rings. The number of aromatic nitrogens is 1. The Balaban J connectivity index is 1.75. The third kappa shape index (κ3) is 4.94. The molecule has 0 bridgehead atoms. The van der Waals surface area contributed by atoms with E-state index in [0.717, 1.165) is 27.6 Å². The van der Waals surface area contributed by atoms with Crippen LogP contribution < -0.4 is 10.3 Å². The molecule has 5 nitrogen and oxygen atoms in total. The Kier molecular flexibility index (Phi) is 6.52. The van der Waals surface area contributed by atoms with Crippen molar-refractivity contribution in [1.29, 1.82) is 0 Å². The molecule has 0 aliphatic heterocycles. The first-order valence-corrected chi connectivity index (χ1v) is 11.0. The van der Waals surface area contributed by atoms with Crippen LogP contribution in [0.5, 0.6) is 5.75 Å². The van der Waals surface area contributed by atoms with Crippen LogP contribution in [0, 0.1) is 13.8 Å². The van der Waals surface area contributed by atoms with Crippen LogP contribution in [0.15, 0.2) is 71.5 Å². The van der Waals surface area contributed by atoms with Crippen molar-refractivity contribution in [3.63, 3.8) is 0 Å². The number of H-pyrrole nitrogens is 1. The van der Waals surface area contributed by atoms with Crippen LogP contribution in [-0.2, 0) is 13.1 Å². The second kappa shape index (κ2) is 9.51. The highest BCUT2D eigenvalue weighted by Crippen LogP contribution is 2.22. The Morgan fingerprint density at radius 3 is 2.42 bits per heavy atom. The second-order valence-corrected chi connectivity index (χ2v) is 8.57. The van der Waals surface area contributed by atoms with Gasteiger partial charge in [-0.05, 0) is 66.9 Å². The fourth-order valence-corrected chi connectivity index (χ4v) is 4.02. The molecule has 4 rings (SSSR count). The summed E-state index contributed by atoms with van der Waals surface area (Å²) in [5, 5.41) is 1.60. The molecule has 0 saturated heterocycles. The molecule has 33 heavy (non-hydrogen) atoms. The molecule has 0 unspecified atom stereocenters. The predicted molar refractivity (Wildman–Crippen MR) is 132 cm³/mol. The molecule has 168 valence electrons. The zero-order valence-corrected chi connectivity index (χ0v) is 19.6. The average Bonchev–Trinajstić information content (AvgIpc) is 2.82. The summed E-state index contributed by atoms with van der Waals surface area (Å²) in [6.45, 7) is 4.47. The average molecular weight is 461 g/mol. The Bertz CT molecular complexity index is 1380. The number of aromatic amines is 1. The molecule has 0 aliphatic rings. The van der Waals surface area contributed by atoms with Crippen LogP contribution in [0.25, 0.3) is 10.9 Å². The molecule has 0 fully saturated rings. The first-order chi connectivity index (χ1) is 15.9. The number of benzene rings is 3. The van der Waals surface area contributed by atoms with Gasteiger partial charge in [-0.2, -0.15) is 0 Å². The lowest BCUT2D eigenvalue weighted by Gasteiger charge is -2.23. The van der Waals surface area contributed by atoms with E-state index in [1.165, 1.54) is 0 Å². The van der Waals surface area contributed by atoms with Gasteiger partial charge in [0.25, 0.3) is 11.5 Å². The summed E-state index contributed by atoms with van der Waals surface area (Å²) in [5.41, 5.74) is 4.64. The fourth-order valence-electron chi connectivity index (χ4n) is 3.89. The van der Waals surface area contributed by atoms with Crippen LogP contribution in [0.3, 0.4) is 0 Å². The number of methoxy groups -OCH3 is 1. The van der Waals surface area contributed by atoms with Gasteiger partial charge < -0.3 is 14.6 Å². The van der Waals surface area contributed by atoms with Crippen LogP contribution in [-0.4, -0.2) is 22.9 Å². The summed E-state index contributed by atoms with van der Waals surface area (Å²) < 4.78 is 5.29. The summed E-state index contributed by atoms with van der Waals surface area (Å²) in [6, 6.07) is 20.3. The van der Waals surface area contributed by atoms with Crippen molar-refractivity contribution in [1.82, 2.24) is 9.88 Å². The number of amides is 1. The smallest absolute Gasteiger partial charge is 0.254 e. The topological polar surface area (TPSA) is 62.4 Å². The van der Waals surface area contributed by atoms with Crippen LogP contribution in [0.2, 0.25) is 5.02 Å². The highest BCUT2D eigenvalue weighted by molar-refractivity contribution is 6.30. The van der Waals surface area contributed by atoms with Crippen molar-refractivity contribution in [2.45, 2.75) is 26.9 Å². The predicted octanol–water partition coefficient (Wildman–Crippen LogP) is 5.65. The van der Waals surface area contributed by atoms with E-state index >= 15 is 0 Å². The van der Waals surface area contributed by atoms with Crippen molar-refractivity contribution in [3.8, 4) is 5.75 Å². The molecule has 0 spiro atoms. The van der Waals surface area contributed by atoms with E-state index in [9.17, 15) is 9.59 Å². The molecule has 0 saturated carbocycles. The zero-order valence-electron chi connectivity index (χ0n) is 18.8. The Morgan fingerprint density at radius 2 is 1.70 bits per heavy atom. The maximum Gasteiger partial charge on any atom is 0.254 e. The Labute approximate surface area is 197 Å². The van der Waals surface area contributed by atoms with Gasteiger partial charge in [0.15, 0.2) is 0 Å². The van der Waals surface area contributed by atoms with Gasteiger partial charge in [-0.1, -0.05) is 41.9 Å². The van der Waals surface area contributed by atoms with Gasteiger partial charge in [0.1, 0.15) is 5.75 Å². The second-order valence-electron chi connectivity index (χ2n) is 8.13. The number of rotatable bonds is 6. The molecule has 0 aliphatic carbocycles. The SMILES string of the molecule is COc1cccc(C(=O)N(Cc2ccc(Cl)cc2)Cc2cc3c(C)ccc(C)c3[nH]c2=O)c1. The summed E-state index contributed by atoms with van der Waals surface area (Å²) in [4.78, 5) is 31.2. The van der Waals surface area contributed by atoms with Crippen molar-refractivity contribution in [2.75, 3.05) is 7.11 Å². The number of carbonyl (C=O) groups is 1. The summed E-state index contributed by atoms with van der Waals surface area (Å²) in [7, 11) is 1.56. The molecule has 0 atom stereocenters.